The third-order valence-corrected chi connectivity index (χ3v) is 4.35. The van der Waals surface area contributed by atoms with E-state index in [0.717, 1.165) is 30.0 Å². The monoisotopic (exact) mass is 334 g/mol. The van der Waals surface area contributed by atoms with Gasteiger partial charge in [-0.1, -0.05) is 34.1 Å². The second kappa shape index (κ2) is 5.44. The van der Waals surface area contributed by atoms with E-state index in [1.165, 1.54) is 0 Å². The molecular weight excluding hydrogens is 319 g/mol. The van der Waals surface area contributed by atoms with E-state index in [1.807, 2.05) is 30.3 Å². The molecule has 1 heterocycles. The lowest BCUT2D eigenvalue weighted by Crippen LogP contribution is -2.36. The maximum atomic E-state index is 14.3. The summed E-state index contributed by atoms with van der Waals surface area (Å²) in [4.78, 5) is 4.26. The highest BCUT2D eigenvalue weighted by atomic mass is 79.9. The number of likely N-dealkylation sites (N-methyl/N-ethyl adjacent to an activating group) is 1. The van der Waals surface area contributed by atoms with Crippen LogP contribution in [0.2, 0.25) is 0 Å². The van der Waals surface area contributed by atoms with Crippen molar-refractivity contribution >= 4 is 33.0 Å². The van der Waals surface area contributed by atoms with Gasteiger partial charge >= 0.3 is 0 Å². The summed E-state index contributed by atoms with van der Waals surface area (Å²) >= 11 is 3.36. The van der Waals surface area contributed by atoms with Crippen molar-refractivity contribution in [3.8, 4) is 0 Å². The van der Waals surface area contributed by atoms with Crippen LogP contribution >= 0.6 is 15.9 Å². The molecule has 0 saturated carbocycles. The molecule has 0 N–H and O–H groups in total. The van der Waals surface area contributed by atoms with Crippen LogP contribution in [0.1, 0.15) is 5.56 Å². The first kappa shape index (κ1) is 13.4. The minimum atomic E-state index is -0.165. The van der Waals surface area contributed by atoms with Crippen LogP contribution in [0.15, 0.2) is 42.5 Å². The lowest BCUT2D eigenvalue weighted by Gasteiger charge is -2.37. The Bertz CT molecular complexity index is 630. The lowest BCUT2D eigenvalue weighted by atomic mass is 10.1. The van der Waals surface area contributed by atoms with E-state index in [-0.39, 0.29) is 5.82 Å². The van der Waals surface area contributed by atoms with E-state index < -0.39 is 0 Å². The minimum Gasteiger partial charge on any atom is -0.371 e. The number of halogens is 2. The smallest absolute Gasteiger partial charge is 0.147 e. The first-order valence-corrected chi connectivity index (χ1v) is 7.75. The summed E-state index contributed by atoms with van der Waals surface area (Å²) in [6.45, 7) is 1.68. The molecular formula is C16H16BrFN2. The molecule has 0 spiro atoms. The zero-order valence-electron chi connectivity index (χ0n) is 11.3. The van der Waals surface area contributed by atoms with Gasteiger partial charge in [-0.25, -0.2) is 4.39 Å². The average molecular weight is 335 g/mol. The average Bonchev–Trinajstić information content (AvgIpc) is 2.48. The Hall–Kier alpha value is -1.55. The zero-order chi connectivity index (χ0) is 14.1. The van der Waals surface area contributed by atoms with Gasteiger partial charge in [0.05, 0.1) is 17.1 Å². The van der Waals surface area contributed by atoms with Gasteiger partial charge < -0.3 is 9.80 Å². The van der Waals surface area contributed by atoms with Crippen molar-refractivity contribution in [3.05, 3.63) is 53.8 Å². The Morgan fingerprint density at radius 2 is 1.80 bits per heavy atom. The van der Waals surface area contributed by atoms with Crippen molar-refractivity contribution in [2.24, 2.45) is 0 Å². The molecule has 2 aromatic carbocycles. The normalized spacial score (nSPS) is 14.3. The molecule has 1 aliphatic heterocycles. The first-order valence-electron chi connectivity index (χ1n) is 6.63. The van der Waals surface area contributed by atoms with Crippen molar-refractivity contribution < 1.29 is 4.39 Å². The summed E-state index contributed by atoms with van der Waals surface area (Å²) in [6.07, 6.45) is 0. The summed E-state index contributed by atoms with van der Waals surface area (Å²) in [7, 11) is 2.07. The Morgan fingerprint density at radius 3 is 2.50 bits per heavy atom. The van der Waals surface area contributed by atoms with Gasteiger partial charge in [-0.2, -0.15) is 0 Å². The van der Waals surface area contributed by atoms with E-state index in [0.29, 0.717) is 11.0 Å². The molecule has 3 rings (SSSR count). The highest BCUT2D eigenvalue weighted by Crippen LogP contribution is 2.37. The standard InChI is InChI=1S/C16H16BrFN2/c1-19-8-9-20(16-5-3-2-4-15(16)19)14-7-6-12(11-17)10-13(14)18/h2-7,10H,8-9,11H2,1H3. The topological polar surface area (TPSA) is 6.48 Å². The van der Waals surface area contributed by atoms with Gasteiger partial charge in [0.1, 0.15) is 5.82 Å². The molecule has 0 bridgehead atoms. The van der Waals surface area contributed by atoms with E-state index in [1.54, 1.807) is 6.07 Å². The van der Waals surface area contributed by atoms with Crippen molar-refractivity contribution in [2.75, 3.05) is 29.9 Å². The van der Waals surface area contributed by atoms with Crippen LogP contribution in [-0.2, 0) is 5.33 Å². The molecule has 0 saturated heterocycles. The van der Waals surface area contributed by atoms with Crippen molar-refractivity contribution in [2.45, 2.75) is 5.33 Å². The van der Waals surface area contributed by atoms with Crippen LogP contribution in [-0.4, -0.2) is 20.1 Å². The molecule has 1 aliphatic rings. The molecule has 0 atom stereocenters. The lowest BCUT2D eigenvalue weighted by molar-refractivity contribution is 0.622. The molecule has 0 unspecified atom stereocenters. The highest BCUT2D eigenvalue weighted by molar-refractivity contribution is 9.08. The first-order chi connectivity index (χ1) is 9.70. The molecule has 104 valence electrons. The van der Waals surface area contributed by atoms with Crippen molar-refractivity contribution in [1.29, 1.82) is 0 Å². The van der Waals surface area contributed by atoms with Gasteiger partial charge in [-0.05, 0) is 29.8 Å². The maximum Gasteiger partial charge on any atom is 0.147 e. The Morgan fingerprint density at radius 1 is 1.05 bits per heavy atom. The molecule has 0 aromatic heterocycles. The summed E-state index contributed by atoms with van der Waals surface area (Å²) in [5, 5.41) is 0.670. The van der Waals surface area contributed by atoms with Crippen LogP contribution in [0.25, 0.3) is 0 Å². The Labute approximate surface area is 126 Å². The molecule has 20 heavy (non-hydrogen) atoms. The Kier molecular flexibility index (Phi) is 3.66. The van der Waals surface area contributed by atoms with E-state index in [4.69, 9.17) is 0 Å². The molecule has 0 radical (unpaired) electrons. The third kappa shape index (κ3) is 2.29. The summed E-state index contributed by atoms with van der Waals surface area (Å²) in [5.41, 5.74) is 3.80. The largest absolute Gasteiger partial charge is 0.371 e. The number of anilines is 3. The van der Waals surface area contributed by atoms with Gasteiger partial charge in [0.15, 0.2) is 0 Å². The molecule has 0 aliphatic carbocycles. The summed E-state index contributed by atoms with van der Waals surface area (Å²) in [6, 6.07) is 13.6. The van der Waals surface area contributed by atoms with Crippen molar-refractivity contribution in [1.82, 2.24) is 0 Å². The van der Waals surface area contributed by atoms with Gasteiger partial charge in [0.25, 0.3) is 0 Å². The van der Waals surface area contributed by atoms with E-state index in [9.17, 15) is 4.39 Å². The number of rotatable bonds is 2. The quantitative estimate of drug-likeness (QED) is 0.755. The number of hydrogen-bond acceptors (Lipinski definition) is 2. The SMILES string of the molecule is CN1CCN(c2ccc(CBr)cc2F)c2ccccc21. The molecule has 4 heteroatoms. The number of fused-ring (bicyclic) bond motifs is 1. The van der Waals surface area contributed by atoms with Crippen LogP contribution in [0.3, 0.4) is 0 Å². The fraction of sp³-hybridized carbons (Fsp3) is 0.250. The fourth-order valence-corrected chi connectivity index (χ4v) is 2.96. The Balaban J connectivity index is 2.05. The number of alkyl halides is 1. The van der Waals surface area contributed by atoms with E-state index in [2.05, 4.69) is 38.8 Å². The van der Waals surface area contributed by atoms with Crippen molar-refractivity contribution in [3.63, 3.8) is 0 Å². The molecule has 0 fully saturated rings. The van der Waals surface area contributed by atoms with Crippen LogP contribution in [0.5, 0.6) is 0 Å². The number of nitrogens with zero attached hydrogens (tertiary/aromatic N) is 2. The van der Waals surface area contributed by atoms with Gasteiger partial charge in [-0.3, -0.25) is 0 Å². The van der Waals surface area contributed by atoms with Crippen LogP contribution in [0.4, 0.5) is 21.5 Å². The van der Waals surface area contributed by atoms with Crippen LogP contribution in [0, 0.1) is 5.82 Å². The second-order valence-corrected chi connectivity index (χ2v) is 5.54. The zero-order valence-corrected chi connectivity index (χ0v) is 12.9. The second-order valence-electron chi connectivity index (χ2n) is 4.98. The van der Waals surface area contributed by atoms with Gasteiger partial charge in [0, 0.05) is 25.5 Å². The molecule has 2 nitrogen and oxygen atoms in total. The number of hydrogen-bond donors (Lipinski definition) is 0. The van der Waals surface area contributed by atoms with Gasteiger partial charge in [-0.15, -0.1) is 0 Å². The number of para-hydroxylation sites is 2. The third-order valence-electron chi connectivity index (χ3n) is 3.70. The van der Waals surface area contributed by atoms with E-state index >= 15 is 0 Å². The predicted molar refractivity (Wildman–Crippen MR) is 85.7 cm³/mol. The summed E-state index contributed by atoms with van der Waals surface area (Å²) < 4.78 is 14.3. The summed E-state index contributed by atoms with van der Waals surface area (Å²) in [5.74, 6) is -0.165. The fourth-order valence-electron chi connectivity index (χ4n) is 2.61. The highest BCUT2D eigenvalue weighted by Gasteiger charge is 2.22. The van der Waals surface area contributed by atoms with Gasteiger partial charge in [0.2, 0.25) is 0 Å². The maximum absolute atomic E-state index is 14.3. The van der Waals surface area contributed by atoms with Crippen LogP contribution < -0.4 is 9.80 Å². The molecule has 2 aromatic rings. The predicted octanol–water partition coefficient (Wildman–Crippen LogP) is 4.31. The number of benzene rings is 2. The molecule has 0 amide bonds. The minimum absolute atomic E-state index is 0.165.